The van der Waals surface area contributed by atoms with Gasteiger partial charge in [0.25, 0.3) is 0 Å². The Hall–Kier alpha value is -0.900. The van der Waals surface area contributed by atoms with Gasteiger partial charge in [0.15, 0.2) is 5.82 Å². The molecule has 0 aliphatic carbocycles. The van der Waals surface area contributed by atoms with Crippen LogP contribution in [0, 0.1) is 0 Å². The Labute approximate surface area is 77.7 Å². The van der Waals surface area contributed by atoms with Crippen molar-refractivity contribution in [3.05, 3.63) is 11.7 Å². The molecule has 1 aliphatic rings. The predicted octanol–water partition coefficient (Wildman–Crippen LogP) is 0.926. The Bertz CT molecular complexity index is 266. The highest BCUT2D eigenvalue weighted by atomic mass is 16.5. The third-order valence-electron chi connectivity index (χ3n) is 2.41. The molecular formula is C9H15N3O. The summed E-state index contributed by atoms with van der Waals surface area (Å²) in [5, 5.41) is 7.27. The van der Waals surface area contributed by atoms with E-state index in [1.165, 1.54) is 12.8 Å². The first-order chi connectivity index (χ1) is 6.38. The van der Waals surface area contributed by atoms with Crippen LogP contribution in [0.4, 0.5) is 0 Å². The fourth-order valence-electron chi connectivity index (χ4n) is 1.66. The smallest absolute Gasteiger partial charge is 0.228 e. The molecule has 0 spiro atoms. The van der Waals surface area contributed by atoms with Crippen molar-refractivity contribution in [3.8, 4) is 0 Å². The quantitative estimate of drug-likeness (QED) is 0.753. The van der Waals surface area contributed by atoms with Crippen molar-refractivity contribution < 1.29 is 4.52 Å². The van der Waals surface area contributed by atoms with E-state index >= 15 is 0 Å². The molecule has 1 atom stereocenters. The van der Waals surface area contributed by atoms with Gasteiger partial charge in [-0.15, -0.1) is 0 Å². The Morgan fingerprint density at radius 1 is 1.62 bits per heavy atom. The summed E-state index contributed by atoms with van der Waals surface area (Å²) in [6, 6.07) is 0.546. The molecule has 4 heteroatoms. The molecule has 13 heavy (non-hydrogen) atoms. The minimum Gasteiger partial charge on any atom is -0.339 e. The second-order valence-electron chi connectivity index (χ2n) is 3.46. The van der Waals surface area contributed by atoms with E-state index in [4.69, 9.17) is 4.52 Å². The van der Waals surface area contributed by atoms with E-state index in [9.17, 15) is 0 Å². The summed E-state index contributed by atoms with van der Waals surface area (Å²) in [6.45, 7) is 3.15. The van der Waals surface area contributed by atoms with Crippen LogP contribution in [-0.4, -0.2) is 22.7 Å². The molecule has 1 aromatic rings. The van der Waals surface area contributed by atoms with Gasteiger partial charge in [0, 0.05) is 18.9 Å². The van der Waals surface area contributed by atoms with Gasteiger partial charge >= 0.3 is 0 Å². The largest absolute Gasteiger partial charge is 0.339 e. The molecule has 0 aromatic carbocycles. The van der Waals surface area contributed by atoms with E-state index in [-0.39, 0.29) is 0 Å². The lowest BCUT2D eigenvalue weighted by Gasteiger charge is -2.04. The third-order valence-corrected chi connectivity index (χ3v) is 2.41. The molecule has 1 fully saturated rings. The first kappa shape index (κ1) is 8.69. The second kappa shape index (κ2) is 3.87. The number of nitrogens with one attached hydrogen (secondary N) is 1. The zero-order chi connectivity index (χ0) is 9.10. The normalized spacial score (nSPS) is 22.4. The molecule has 0 amide bonds. The Kier molecular flexibility index (Phi) is 2.59. The lowest BCUT2D eigenvalue weighted by atomic mass is 10.1. The maximum Gasteiger partial charge on any atom is 0.228 e. The third kappa shape index (κ3) is 2.06. The first-order valence-electron chi connectivity index (χ1n) is 4.93. The second-order valence-corrected chi connectivity index (χ2v) is 3.46. The van der Waals surface area contributed by atoms with Crippen molar-refractivity contribution in [2.24, 2.45) is 0 Å². The molecule has 2 heterocycles. The van der Waals surface area contributed by atoms with Crippen molar-refractivity contribution in [2.75, 3.05) is 6.54 Å². The minimum absolute atomic E-state index is 0.546. The molecule has 0 bridgehead atoms. The maximum absolute atomic E-state index is 5.12. The molecule has 1 aromatic heterocycles. The average molecular weight is 181 g/mol. The molecule has 1 N–H and O–H groups in total. The molecule has 2 rings (SSSR count). The molecule has 72 valence electrons. The summed E-state index contributed by atoms with van der Waals surface area (Å²) >= 11 is 0. The molecule has 0 radical (unpaired) electrons. The molecule has 0 saturated carbocycles. The molecule has 4 nitrogen and oxygen atoms in total. The van der Waals surface area contributed by atoms with Gasteiger partial charge < -0.3 is 9.84 Å². The van der Waals surface area contributed by atoms with Gasteiger partial charge in [0.2, 0.25) is 5.89 Å². The SMILES string of the molecule is CCc1noc(CC2CCCN2)n1. The van der Waals surface area contributed by atoms with Crippen molar-refractivity contribution in [1.82, 2.24) is 15.5 Å². The van der Waals surface area contributed by atoms with Crippen LogP contribution < -0.4 is 5.32 Å². The summed E-state index contributed by atoms with van der Waals surface area (Å²) in [4.78, 5) is 4.27. The zero-order valence-corrected chi connectivity index (χ0v) is 7.92. The summed E-state index contributed by atoms with van der Waals surface area (Å²) < 4.78 is 5.12. The van der Waals surface area contributed by atoms with Crippen LogP contribution in [0.15, 0.2) is 4.52 Å². The van der Waals surface area contributed by atoms with Gasteiger partial charge in [-0.3, -0.25) is 0 Å². The van der Waals surface area contributed by atoms with E-state index in [1.807, 2.05) is 6.92 Å². The van der Waals surface area contributed by atoms with Crippen LogP contribution in [0.5, 0.6) is 0 Å². The van der Waals surface area contributed by atoms with Crippen LogP contribution >= 0.6 is 0 Å². The topological polar surface area (TPSA) is 51.0 Å². The van der Waals surface area contributed by atoms with Crippen LogP contribution in [-0.2, 0) is 12.8 Å². The summed E-state index contributed by atoms with van der Waals surface area (Å²) in [6.07, 6.45) is 4.22. The van der Waals surface area contributed by atoms with Crippen molar-refractivity contribution >= 4 is 0 Å². The number of aryl methyl sites for hydroxylation is 1. The van der Waals surface area contributed by atoms with Gasteiger partial charge in [0.05, 0.1) is 0 Å². The van der Waals surface area contributed by atoms with Crippen molar-refractivity contribution in [2.45, 2.75) is 38.6 Å². The van der Waals surface area contributed by atoms with Crippen LogP contribution in [0.3, 0.4) is 0 Å². The van der Waals surface area contributed by atoms with E-state index in [0.717, 1.165) is 31.1 Å². The van der Waals surface area contributed by atoms with Crippen molar-refractivity contribution in [1.29, 1.82) is 0 Å². The number of nitrogens with zero attached hydrogens (tertiary/aromatic N) is 2. The summed E-state index contributed by atoms with van der Waals surface area (Å²) in [5.41, 5.74) is 0. The standard InChI is InChI=1S/C9H15N3O/c1-2-8-11-9(13-12-8)6-7-4-3-5-10-7/h7,10H,2-6H2,1H3. The Morgan fingerprint density at radius 2 is 2.54 bits per heavy atom. The number of hydrogen-bond donors (Lipinski definition) is 1. The highest BCUT2D eigenvalue weighted by Gasteiger charge is 2.17. The summed E-state index contributed by atoms with van der Waals surface area (Å²) in [7, 11) is 0. The Balaban J connectivity index is 1.92. The van der Waals surface area contributed by atoms with Crippen molar-refractivity contribution in [3.63, 3.8) is 0 Å². The van der Waals surface area contributed by atoms with Gasteiger partial charge in [-0.25, -0.2) is 0 Å². The van der Waals surface area contributed by atoms with Crippen LogP contribution in [0.1, 0.15) is 31.5 Å². The fourth-order valence-corrected chi connectivity index (χ4v) is 1.66. The highest BCUT2D eigenvalue weighted by Crippen LogP contribution is 2.10. The lowest BCUT2D eigenvalue weighted by molar-refractivity contribution is 0.360. The highest BCUT2D eigenvalue weighted by molar-refractivity contribution is 4.90. The predicted molar refractivity (Wildman–Crippen MR) is 48.4 cm³/mol. The van der Waals surface area contributed by atoms with E-state index in [2.05, 4.69) is 15.5 Å². The zero-order valence-electron chi connectivity index (χ0n) is 7.92. The molecular weight excluding hydrogens is 166 g/mol. The minimum atomic E-state index is 0.546. The number of hydrogen-bond acceptors (Lipinski definition) is 4. The van der Waals surface area contributed by atoms with Gasteiger partial charge in [0.1, 0.15) is 0 Å². The molecule has 1 saturated heterocycles. The number of aromatic nitrogens is 2. The average Bonchev–Trinajstić information content (AvgIpc) is 2.76. The van der Waals surface area contributed by atoms with E-state index < -0.39 is 0 Å². The van der Waals surface area contributed by atoms with Gasteiger partial charge in [-0.1, -0.05) is 12.1 Å². The maximum atomic E-state index is 5.12. The van der Waals surface area contributed by atoms with Gasteiger partial charge in [-0.05, 0) is 19.4 Å². The monoisotopic (exact) mass is 181 g/mol. The van der Waals surface area contributed by atoms with E-state index in [1.54, 1.807) is 0 Å². The lowest BCUT2D eigenvalue weighted by Crippen LogP contribution is -2.23. The first-order valence-corrected chi connectivity index (χ1v) is 4.93. The van der Waals surface area contributed by atoms with Crippen LogP contribution in [0.25, 0.3) is 0 Å². The number of rotatable bonds is 3. The van der Waals surface area contributed by atoms with E-state index in [0.29, 0.717) is 6.04 Å². The van der Waals surface area contributed by atoms with Gasteiger partial charge in [-0.2, -0.15) is 4.98 Å². The Morgan fingerprint density at radius 3 is 3.15 bits per heavy atom. The molecule has 1 aliphatic heterocycles. The molecule has 1 unspecified atom stereocenters. The summed E-state index contributed by atoms with van der Waals surface area (Å²) in [5.74, 6) is 1.59. The fraction of sp³-hybridized carbons (Fsp3) is 0.778. The van der Waals surface area contributed by atoms with Crippen LogP contribution in [0.2, 0.25) is 0 Å².